The van der Waals surface area contributed by atoms with Crippen LogP contribution < -0.4 is 11.4 Å². The zero-order chi connectivity index (χ0) is 13.7. The van der Waals surface area contributed by atoms with Gasteiger partial charge >= 0.3 is 11.8 Å². The van der Waals surface area contributed by atoms with Gasteiger partial charge in [-0.25, -0.2) is 4.79 Å². The van der Waals surface area contributed by atoms with E-state index in [4.69, 9.17) is 10.2 Å². The van der Waals surface area contributed by atoms with Crippen molar-refractivity contribution < 1.29 is 17.6 Å². The number of aryl methyl sites for hydroxylation is 1. The third-order valence-corrected chi connectivity index (χ3v) is 2.74. The Morgan fingerprint density at radius 3 is 2.39 bits per heavy atom. The van der Waals surface area contributed by atoms with Crippen LogP contribution in [0.4, 0.5) is 18.9 Å². The van der Waals surface area contributed by atoms with Crippen LogP contribution in [0.3, 0.4) is 0 Å². The van der Waals surface area contributed by atoms with Crippen LogP contribution in [0.15, 0.2) is 21.3 Å². The largest absolute Gasteiger partial charge is 0.422 e. The number of nitrogens with two attached hydrogens (primary N) is 1. The van der Waals surface area contributed by atoms with Crippen LogP contribution in [0.25, 0.3) is 11.0 Å². The van der Waals surface area contributed by atoms with Crippen LogP contribution in [0.1, 0.15) is 16.7 Å². The molecule has 0 bridgehead atoms. The molecule has 0 fully saturated rings. The molecule has 1 aromatic heterocycles. The van der Waals surface area contributed by atoms with Crippen LogP contribution in [-0.2, 0) is 6.18 Å². The lowest BCUT2D eigenvalue weighted by Crippen LogP contribution is -2.16. The molecule has 96 valence electrons. The molecule has 0 saturated carbocycles. The third kappa shape index (κ3) is 1.83. The van der Waals surface area contributed by atoms with Gasteiger partial charge in [0, 0.05) is 22.7 Å². The van der Waals surface area contributed by atoms with Crippen molar-refractivity contribution in [1.82, 2.24) is 0 Å². The summed E-state index contributed by atoms with van der Waals surface area (Å²) in [7, 11) is 0. The first-order valence-corrected chi connectivity index (χ1v) is 5.12. The molecule has 1 heterocycles. The fourth-order valence-corrected chi connectivity index (χ4v) is 2.00. The SMILES string of the molecule is Cc1c(C(F)(F)F)c2c(C)cc(N)cc2oc1=O. The van der Waals surface area contributed by atoms with Crippen molar-refractivity contribution in [3.63, 3.8) is 0 Å². The van der Waals surface area contributed by atoms with E-state index in [2.05, 4.69) is 0 Å². The summed E-state index contributed by atoms with van der Waals surface area (Å²) < 4.78 is 43.9. The molecule has 0 unspecified atom stereocenters. The molecule has 2 N–H and O–H groups in total. The minimum Gasteiger partial charge on any atom is -0.422 e. The van der Waals surface area contributed by atoms with Crippen molar-refractivity contribution in [3.05, 3.63) is 39.2 Å². The van der Waals surface area contributed by atoms with Crippen LogP contribution in [0.5, 0.6) is 0 Å². The molecule has 2 aromatic rings. The Morgan fingerprint density at radius 2 is 1.83 bits per heavy atom. The van der Waals surface area contributed by atoms with Crippen molar-refractivity contribution in [3.8, 4) is 0 Å². The Balaban J connectivity index is 3.07. The van der Waals surface area contributed by atoms with E-state index in [0.29, 0.717) is 5.56 Å². The molecule has 0 atom stereocenters. The van der Waals surface area contributed by atoms with Gasteiger partial charge in [0.25, 0.3) is 0 Å². The second-order valence-electron chi connectivity index (χ2n) is 4.10. The Labute approximate surface area is 100 Å². The highest BCUT2D eigenvalue weighted by Gasteiger charge is 2.37. The second-order valence-corrected chi connectivity index (χ2v) is 4.10. The summed E-state index contributed by atoms with van der Waals surface area (Å²) in [6.45, 7) is 2.59. The standard InChI is InChI=1S/C12H10F3NO2/c1-5-3-7(16)4-8-9(5)10(12(13,14)15)6(2)11(17)18-8/h3-4H,16H2,1-2H3. The number of alkyl halides is 3. The number of benzene rings is 1. The lowest BCUT2D eigenvalue weighted by atomic mass is 10.0. The number of hydrogen-bond donors (Lipinski definition) is 1. The highest BCUT2D eigenvalue weighted by Crippen LogP contribution is 2.37. The maximum absolute atomic E-state index is 13.0. The summed E-state index contributed by atoms with van der Waals surface area (Å²) in [5, 5.41) is -0.117. The second kappa shape index (κ2) is 3.76. The van der Waals surface area contributed by atoms with Crippen molar-refractivity contribution in [2.75, 3.05) is 5.73 Å². The summed E-state index contributed by atoms with van der Waals surface area (Å²) in [6.07, 6.45) is -4.61. The molecule has 2 rings (SSSR count). The fourth-order valence-electron chi connectivity index (χ4n) is 2.00. The van der Waals surface area contributed by atoms with E-state index in [9.17, 15) is 18.0 Å². The highest BCUT2D eigenvalue weighted by atomic mass is 19.4. The Morgan fingerprint density at radius 1 is 1.22 bits per heavy atom. The van der Waals surface area contributed by atoms with E-state index in [1.807, 2.05) is 0 Å². The van der Waals surface area contributed by atoms with Gasteiger partial charge in [0.05, 0.1) is 5.56 Å². The number of halogens is 3. The molecular formula is C12H10F3NO2. The quantitative estimate of drug-likeness (QED) is 0.583. The predicted octanol–water partition coefficient (Wildman–Crippen LogP) is 3.01. The fraction of sp³-hybridized carbons (Fsp3) is 0.250. The first-order valence-electron chi connectivity index (χ1n) is 5.12. The molecule has 0 amide bonds. The average molecular weight is 257 g/mol. The number of rotatable bonds is 0. The van der Waals surface area contributed by atoms with E-state index >= 15 is 0 Å². The van der Waals surface area contributed by atoms with Crippen molar-refractivity contribution in [1.29, 1.82) is 0 Å². The van der Waals surface area contributed by atoms with Crippen LogP contribution >= 0.6 is 0 Å². The summed E-state index contributed by atoms with van der Waals surface area (Å²) in [6, 6.07) is 2.63. The van der Waals surface area contributed by atoms with Crippen molar-refractivity contribution >= 4 is 16.7 Å². The molecule has 0 aliphatic carbocycles. The Hall–Kier alpha value is -1.98. The lowest BCUT2D eigenvalue weighted by Gasteiger charge is -2.14. The summed E-state index contributed by atoms with van der Waals surface area (Å²) in [5.74, 6) is 0. The molecule has 0 radical (unpaired) electrons. The average Bonchev–Trinajstić information content (AvgIpc) is 2.18. The number of nitrogen functional groups attached to an aromatic ring is 1. The topological polar surface area (TPSA) is 56.2 Å². The Kier molecular flexibility index (Phi) is 2.61. The number of anilines is 1. The monoisotopic (exact) mass is 257 g/mol. The van der Waals surface area contributed by atoms with E-state index in [0.717, 1.165) is 6.92 Å². The van der Waals surface area contributed by atoms with Gasteiger partial charge in [-0.15, -0.1) is 0 Å². The van der Waals surface area contributed by atoms with Gasteiger partial charge < -0.3 is 10.2 Å². The minimum absolute atomic E-state index is 0.117. The van der Waals surface area contributed by atoms with Gasteiger partial charge in [-0.05, 0) is 25.5 Å². The molecule has 0 saturated heterocycles. The van der Waals surface area contributed by atoms with E-state index in [-0.39, 0.29) is 16.7 Å². The zero-order valence-electron chi connectivity index (χ0n) is 9.68. The van der Waals surface area contributed by atoms with Gasteiger partial charge in [-0.1, -0.05) is 0 Å². The van der Waals surface area contributed by atoms with Crippen LogP contribution in [0.2, 0.25) is 0 Å². The van der Waals surface area contributed by atoms with Crippen LogP contribution in [-0.4, -0.2) is 0 Å². The summed E-state index contributed by atoms with van der Waals surface area (Å²) in [4.78, 5) is 11.4. The molecule has 3 nitrogen and oxygen atoms in total. The summed E-state index contributed by atoms with van der Waals surface area (Å²) in [5.41, 5.74) is 3.56. The Bertz CT molecular complexity index is 686. The summed E-state index contributed by atoms with van der Waals surface area (Å²) >= 11 is 0. The molecule has 0 aliphatic heterocycles. The number of fused-ring (bicyclic) bond motifs is 1. The molecular weight excluding hydrogens is 247 g/mol. The molecule has 1 aromatic carbocycles. The zero-order valence-corrected chi connectivity index (χ0v) is 9.68. The van der Waals surface area contributed by atoms with Gasteiger partial charge in [-0.3, -0.25) is 0 Å². The minimum atomic E-state index is -4.61. The molecule has 0 aliphatic rings. The third-order valence-electron chi connectivity index (χ3n) is 2.74. The van der Waals surface area contributed by atoms with Crippen molar-refractivity contribution in [2.45, 2.75) is 20.0 Å². The smallest absolute Gasteiger partial charge is 0.417 e. The predicted molar refractivity (Wildman–Crippen MR) is 61.4 cm³/mol. The maximum atomic E-state index is 13.0. The van der Waals surface area contributed by atoms with Crippen LogP contribution in [0, 0.1) is 13.8 Å². The number of hydrogen-bond acceptors (Lipinski definition) is 3. The first-order chi connectivity index (χ1) is 8.21. The maximum Gasteiger partial charge on any atom is 0.417 e. The van der Waals surface area contributed by atoms with E-state index in [1.165, 1.54) is 19.1 Å². The normalized spacial score (nSPS) is 12.1. The lowest BCUT2D eigenvalue weighted by molar-refractivity contribution is -0.137. The highest BCUT2D eigenvalue weighted by molar-refractivity contribution is 5.87. The van der Waals surface area contributed by atoms with Gasteiger partial charge in [0.2, 0.25) is 0 Å². The first kappa shape index (κ1) is 12.5. The van der Waals surface area contributed by atoms with Gasteiger partial charge in [-0.2, -0.15) is 13.2 Å². The van der Waals surface area contributed by atoms with Gasteiger partial charge in [0.15, 0.2) is 0 Å². The molecule has 0 spiro atoms. The molecule has 6 heteroatoms. The van der Waals surface area contributed by atoms with Gasteiger partial charge in [0.1, 0.15) is 5.58 Å². The van der Waals surface area contributed by atoms with E-state index in [1.54, 1.807) is 0 Å². The molecule has 18 heavy (non-hydrogen) atoms. The van der Waals surface area contributed by atoms with Crippen molar-refractivity contribution in [2.24, 2.45) is 0 Å². The van der Waals surface area contributed by atoms with E-state index < -0.39 is 22.9 Å².